The summed E-state index contributed by atoms with van der Waals surface area (Å²) in [6.07, 6.45) is 3.47. The van der Waals surface area contributed by atoms with Crippen molar-refractivity contribution >= 4 is 34.7 Å². The van der Waals surface area contributed by atoms with Crippen LogP contribution in [-0.2, 0) is 4.79 Å². The van der Waals surface area contributed by atoms with Crippen molar-refractivity contribution in [2.45, 2.75) is 26.1 Å². The molecule has 10 nitrogen and oxygen atoms in total. The van der Waals surface area contributed by atoms with Gasteiger partial charge in [0.15, 0.2) is 5.65 Å². The standard InChI is InChI=1S/C30H25FN8O2/c1-17(2)34-22-13-12-19(16-33-22)25-23(28-32-14-7-15-39(28)38-25)29(40)37-27-30(41)36-26-20(10-6-11-21(26)31)24(35-27)18-8-4-3-5-9-18/h3-17,27H,1-2H3,(H,33,34)(H,36,41)(H,37,40)/t27-/m1/s1. The zero-order chi connectivity index (χ0) is 28.5. The summed E-state index contributed by atoms with van der Waals surface area (Å²) in [6, 6.07) is 19.1. The van der Waals surface area contributed by atoms with E-state index in [1.165, 1.54) is 10.6 Å². The summed E-state index contributed by atoms with van der Waals surface area (Å²) in [5, 5.41) is 13.1. The van der Waals surface area contributed by atoms with Gasteiger partial charge < -0.3 is 16.0 Å². The molecule has 0 aliphatic carbocycles. The highest BCUT2D eigenvalue weighted by atomic mass is 19.1. The first kappa shape index (κ1) is 25.8. The molecular weight excluding hydrogens is 523 g/mol. The number of aliphatic imine (C=N–C) groups is 1. The maximum Gasteiger partial charge on any atom is 0.269 e. The number of carbonyl (C=O) groups is 2. The van der Waals surface area contributed by atoms with Crippen LogP contribution in [0.25, 0.3) is 16.9 Å². The van der Waals surface area contributed by atoms with Crippen LogP contribution >= 0.6 is 0 Å². The van der Waals surface area contributed by atoms with Gasteiger partial charge in [-0.2, -0.15) is 5.10 Å². The number of halogens is 1. The second-order valence-electron chi connectivity index (χ2n) is 9.71. The molecule has 5 aromatic rings. The average molecular weight is 549 g/mol. The molecule has 0 saturated heterocycles. The number of aromatic nitrogens is 4. The lowest BCUT2D eigenvalue weighted by molar-refractivity contribution is -0.117. The molecule has 4 heterocycles. The summed E-state index contributed by atoms with van der Waals surface area (Å²) in [5.74, 6) is -1.24. The number of nitrogens with zero attached hydrogens (tertiary/aromatic N) is 5. The van der Waals surface area contributed by atoms with Gasteiger partial charge in [-0.05, 0) is 38.1 Å². The van der Waals surface area contributed by atoms with Crippen molar-refractivity contribution in [1.82, 2.24) is 24.9 Å². The van der Waals surface area contributed by atoms with E-state index in [9.17, 15) is 14.0 Å². The molecule has 11 heteroatoms. The van der Waals surface area contributed by atoms with E-state index >= 15 is 0 Å². The number of hydrogen-bond acceptors (Lipinski definition) is 7. The Kier molecular flexibility index (Phi) is 6.68. The summed E-state index contributed by atoms with van der Waals surface area (Å²) in [7, 11) is 0. The van der Waals surface area contributed by atoms with Gasteiger partial charge in [-0.25, -0.2) is 23.9 Å². The van der Waals surface area contributed by atoms with Crippen molar-refractivity contribution in [3.63, 3.8) is 0 Å². The van der Waals surface area contributed by atoms with Crippen LogP contribution in [0.4, 0.5) is 15.9 Å². The fraction of sp³-hybridized carbons (Fsp3) is 0.133. The molecule has 0 unspecified atom stereocenters. The smallest absolute Gasteiger partial charge is 0.269 e. The number of carbonyl (C=O) groups excluding carboxylic acids is 2. The van der Waals surface area contributed by atoms with E-state index in [0.29, 0.717) is 39.6 Å². The van der Waals surface area contributed by atoms with Crippen molar-refractivity contribution in [3.8, 4) is 11.3 Å². The highest BCUT2D eigenvalue weighted by Gasteiger charge is 2.31. The number of anilines is 2. The van der Waals surface area contributed by atoms with Gasteiger partial charge in [-0.3, -0.25) is 9.59 Å². The van der Waals surface area contributed by atoms with Gasteiger partial charge in [0.1, 0.15) is 22.9 Å². The molecule has 0 bridgehead atoms. The SMILES string of the molecule is CC(C)Nc1ccc(-c2nn3cccnc3c2C(=O)N[C@H]2N=C(c3ccccc3)c3cccc(F)c3NC2=O)cn1. The minimum absolute atomic E-state index is 0.00337. The van der Waals surface area contributed by atoms with E-state index in [1.54, 1.807) is 61.1 Å². The van der Waals surface area contributed by atoms with Crippen LogP contribution in [-0.4, -0.2) is 49.3 Å². The van der Waals surface area contributed by atoms with Gasteiger partial charge in [0, 0.05) is 41.3 Å². The number of pyridine rings is 1. The van der Waals surface area contributed by atoms with Crippen LogP contribution in [0.3, 0.4) is 0 Å². The fourth-order valence-corrected chi connectivity index (χ4v) is 4.63. The summed E-state index contributed by atoms with van der Waals surface area (Å²) in [6.45, 7) is 4.02. The first-order valence-electron chi connectivity index (χ1n) is 13.0. The number of hydrogen-bond donors (Lipinski definition) is 3. The van der Waals surface area contributed by atoms with Crippen LogP contribution in [0.1, 0.15) is 35.3 Å². The first-order valence-corrected chi connectivity index (χ1v) is 13.0. The molecule has 0 fully saturated rings. The molecule has 2 amide bonds. The van der Waals surface area contributed by atoms with E-state index in [4.69, 9.17) is 0 Å². The molecule has 0 saturated carbocycles. The molecule has 2 aromatic carbocycles. The van der Waals surface area contributed by atoms with Gasteiger partial charge in [0.2, 0.25) is 6.17 Å². The number of fused-ring (bicyclic) bond motifs is 2. The third kappa shape index (κ3) is 5.00. The van der Waals surface area contributed by atoms with Crippen LogP contribution < -0.4 is 16.0 Å². The molecule has 1 atom stereocenters. The number of benzene rings is 2. The Labute approximate surface area is 234 Å². The molecule has 0 spiro atoms. The zero-order valence-electron chi connectivity index (χ0n) is 22.2. The molecule has 41 heavy (non-hydrogen) atoms. The highest BCUT2D eigenvalue weighted by molar-refractivity contribution is 6.20. The van der Waals surface area contributed by atoms with E-state index in [1.807, 2.05) is 32.0 Å². The lowest BCUT2D eigenvalue weighted by Gasteiger charge is -2.14. The van der Waals surface area contributed by atoms with Gasteiger partial charge in [-0.1, -0.05) is 42.5 Å². The predicted octanol–water partition coefficient (Wildman–Crippen LogP) is 4.30. The zero-order valence-corrected chi connectivity index (χ0v) is 22.2. The molecule has 0 radical (unpaired) electrons. The maximum absolute atomic E-state index is 14.9. The Morgan fingerprint density at radius 2 is 1.83 bits per heavy atom. The van der Waals surface area contributed by atoms with Crippen molar-refractivity contribution < 1.29 is 14.0 Å². The third-order valence-corrected chi connectivity index (χ3v) is 6.43. The maximum atomic E-state index is 14.9. The third-order valence-electron chi connectivity index (χ3n) is 6.43. The second kappa shape index (κ2) is 10.6. The minimum atomic E-state index is -1.37. The number of amides is 2. The van der Waals surface area contributed by atoms with E-state index < -0.39 is 23.8 Å². The summed E-state index contributed by atoms with van der Waals surface area (Å²) in [4.78, 5) is 40.6. The fourth-order valence-electron chi connectivity index (χ4n) is 4.63. The number of benzodiazepines with no additional fused rings is 1. The molecule has 3 aromatic heterocycles. The molecule has 3 N–H and O–H groups in total. The minimum Gasteiger partial charge on any atom is -0.368 e. The predicted molar refractivity (Wildman–Crippen MR) is 153 cm³/mol. The Balaban J connectivity index is 1.41. The first-order chi connectivity index (χ1) is 19.9. The largest absolute Gasteiger partial charge is 0.368 e. The quantitative estimate of drug-likeness (QED) is 0.291. The molecule has 1 aliphatic rings. The summed E-state index contributed by atoms with van der Waals surface area (Å²) >= 11 is 0. The van der Waals surface area contributed by atoms with E-state index in [2.05, 4.69) is 36.0 Å². The Morgan fingerprint density at radius 3 is 2.59 bits per heavy atom. The Bertz CT molecular complexity index is 1800. The topological polar surface area (TPSA) is 126 Å². The van der Waals surface area contributed by atoms with Crippen LogP contribution in [0.15, 0.2) is 90.3 Å². The Hall–Kier alpha value is -5.45. The second-order valence-corrected chi connectivity index (χ2v) is 9.71. The van der Waals surface area contributed by atoms with Crippen molar-refractivity contribution in [2.75, 3.05) is 10.6 Å². The number of nitrogens with one attached hydrogen (secondary N) is 3. The average Bonchev–Trinajstić information content (AvgIpc) is 3.30. The molecule has 204 valence electrons. The lowest BCUT2D eigenvalue weighted by Crippen LogP contribution is -2.42. The molecule has 1 aliphatic heterocycles. The van der Waals surface area contributed by atoms with Crippen LogP contribution in [0, 0.1) is 5.82 Å². The van der Waals surface area contributed by atoms with Crippen LogP contribution in [0.2, 0.25) is 0 Å². The highest BCUT2D eigenvalue weighted by Crippen LogP contribution is 2.28. The monoisotopic (exact) mass is 548 g/mol. The van der Waals surface area contributed by atoms with Gasteiger partial charge in [0.25, 0.3) is 11.8 Å². The van der Waals surface area contributed by atoms with Crippen molar-refractivity contribution in [2.24, 2.45) is 4.99 Å². The Morgan fingerprint density at radius 1 is 1.00 bits per heavy atom. The van der Waals surface area contributed by atoms with Crippen molar-refractivity contribution in [3.05, 3.63) is 108 Å². The van der Waals surface area contributed by atoms with Crippen molar-refractivity contribution in [1.29, 1.82) is 0 Å². The number of rotatable bonds is 6. The van der Waals surface area contributed by atoms with Gasteiger partial charge in [-0.15, -0.1) is 0 Å². The van der Waals surface area contributed by atoms with E-state index in [-0.39, 0.29) is 17.3 Å². The summed E-state index contributed by atoms with van der Waals surface area (Å²) in [5.41, 5.74) is 2.78. The summed E-state index contributed by atoms with van der Waals surface area (Å²) < 4.78 is 16.3. The van der Waals surface area contributed by atoms with E-state index in [0.717, 1.165) is 0 Å². The van der Waals surface area contributed by atoms with Crippen LogP contribution in [0.5, 0.6) is 0 Å². The van der Waals surface area contributed by atoms with Gasteiger partial charge >= 0.3 is 0 Å². The lowest BCUT2D eigenvalue weighted by atomic mass is 10.0. The molecular formula is C30H25FN8O2. The molecule has 6 rings (SSSR count). The number of para-hydroxylation sites is 1. The van der Waals surface area contributed by atoms with Gasteiger partial charge in [0.05, 0.1) is 11.4 Å². The normalized spacial score (nSPS) is 14.7.